The van der Waals surface area contributed by atoms with Crippen molar-refractivity contribution in [2.75, 3.05) is 26.2 Å². The Balaban J connectivity index is 2.17. The van der Waals surface area contributed by atoms with Gasteiger partial charge in [-0.3, -0.25) is 9.69 Å². The van der Waals surface area contributed by atoms with Crippen LogP contribution in [0, 0.1) is 0 Å². The topological polar surface area (TPSA) is 61.0 Å². The maximum atomic E-state index is 11.7. The number of hydrogen-bond acceptors (Lipinski definition) is 4. The third-order valence-electron chi connectivity index (χ3n) is 3.14. The molecule has 1 aromatic heterocycles. The van der Waals surface area contributed by atoms with E-state index >= 15 is 0 Å². The van der Waals surface area contributed by atoms with Gasteiger partial charge in [0.2, 0.25) is 0 Å². The molecule has 0 aromatic carbocycles. The molecule has 1 saturated heterocycles. The summed E-state index contributed by atoms with van der Waals surface area (Å²) < 4.78 is 0. The fraction of sp³-hybridized carbons (Fsp3) is 0.692. The maximum Gasteiger partial charge on any atom is 0.251 e. The number of H-pyrrole nitrogens is 1. The second-order valence-corrected chi connectivity index (χ2v) is 5.85. The van der Waals surface area contributed by atoms with Gasteiger partial charge in [0, 0.05) is 37.7 Å². The molecule has 2 heterocycles. The third kappa shape index (κ3) is 3.40. The van der Waals surface area contributed by atoms with Gasteiger partial charge in [-0.1, -0.05) is 20.8 Å². The van der Waals surface area contributed by atoms with E-state index in [2.05, 4.69) is 41.0 Å². The Hall–Kier alpha value is -1.20. The molecular formula is C13H22N4O. The summed E-state index contributed by atoms with van der Waals surface area (Å²) in [6.07, 6.45) is 0. The van der Waals surface area contributed by atoms with Gasteiger partial charge in [0.25, 0.3) is 5.56 Å². The predicted molar refractivity (Wildman–Crippen MR) is 71.7 cm³/mol. The summed E-state index contributed by atoms with van der Waals surface area (Å²) in [4.78, 5) is 21.4. The van der Waals surface area contributed by atoms with Gasteiger partial charge in [0.15, 0.2) is 0 Å². The van der Waals surface area contributed by atoms with Crippen molar-refractivity contribution in [1.29, 1.82) is 0 Å². The first kappa shape index (κ1) is 13.2. The van der Waals surface area contributed by atoms with Crippen molar-refractivity contribution in [2.24, 2.45) is 0 Å². The van der Waals surface area contributed by atoms with Crippen LogP contribution in [0.25, 0.3) is 0 Å². The number of rotatable bonds is 2. The Labute approximate surface area is 108 Å². The lowest BCUT2D eigenvalue weighted by Gasteiger charge is -2.27. The number of hydrogen-bond donors (Lipinski definition) is 2. The van der Waals surface area contributed by atoms with Gasteiger partial charge in [-0.15, -0.1) is 0 Å². The molecule has 5 heteroatoms. The average molecular weight is 250 g/mol. The molecule has 2 N–H and O–H groups in total. The summed E-state index contributed by atoms with van der Waals surface area (Å²) in [6.45, 7) is 11.0. The van der Waals surface area contributed by atoms with E-state index in [-0.39, 0.29) is 11.0 Å². The molecule has 0 bridgehead atoms. The van der Waals surface area contributed by atoms with Gasteiger partial charge in [-0.2, -0.15) is 0 Å². The monoisotopic (exact) mass is 250 g/mol. The van der Waals surface area contributed by atoms with Crippen molar-refractivity contribution < 1.29 is 0 Å². The zero-order valence-corrected chi connectivity index (χ0v) is 11.4. The molecule has 1 aliphatic rings. The lowest BCUT2D eigenvalue weighted by molar-refractivity contribution is 0.227. The summed E-state index contributed by atoms with van der Waals surface area (Å²) in [5.41, 5.74) is 0.711. The molecular weight excluding hydrogens is 228 g/mol. The molecule has 0 saturated carbocycles. The van der Waals surface area contributed by atoms with Gasteiger partial charge >= 0.3 is 0 Å². The van der Waals surface area contributed by atoms with Crippen LogP contribution < -0.4 is 10.9 Å². The maximum absolute atomic E-state index is 11.7. The highest BCUT2D eigenvalue weighted by atomic mass is 16.1. The van der Waals surface area contributed by atoms with Crippen molar-refractivity contribution in [1.82, 2.24) is 20.2 Å². The average Bonchev–Trinajstić information content (AvgIpc) is 2.28. The normalized spacial score (nSPS) is 17.9. The standard InChI is InChI=1S/C13H22N4O/c1-13(2,3)10-8-12(18)16-11(15-10)9-17-6-4-14-5-7-17/h8,14H,4-7,9H2,1-3H3,(H,15,16,18). The molecule has 2 rings (SSSR count). The Kier molecular flexibility index (Phi) is 3.82. The van der Waals surface area contributed by atoms with Crippen LogP contribution in [0.4, 0.5) is 0 Å². The van der Waals surface area contributed by atoms with Crippen LogP contribution in [0.2, 0.25) is 0 Å². The van der Waals surface area contributed by atoms with Crippen LogP contribution in [-0.4, -0.2) is 41.0 Å². The zero-order valence-electron chi connectivity index (χ0n) is 11.4. The van der Waals surface area contributed by atoms with E-state index < -0.39 is 0 Å². The first-order valence-corrected chi connectivity index (χ1v) is 6.49. The largest absolute Gasteiger partial charge is 0.314 e. The number of nitrogens with one attached hydrogen (secondary N) is 2. The van der Waals surface area contributed by atoms with E-state index in [0.29, 0.717) is 0 Å². The molecule has 1 aliphatic heterocycles. The third-order valence-corrected chi connectivity index (χ3v) is 3.14. The molecule has 18 heavy (non-hydrogen) atoms. The number of nitrogens with zero attached hydrogens (tertiary/aromatic N) is 2. The van der Waals surface area contributed by atoms with Crippen LogP contribution in [-0.2, 0) is 12.0 Å². The molecule has 0 atom stereocenters. The molecule has 5 nitrogen and oxygen atoms in total. The fourth-order valence-corrected chi connectivity index (χ4v) is 2.05. The van der Waals surface area contributed by atoms with E-state index in [9.17, 15) is 4.79 Å². The Morgan fingerprint density at radius 2 is 2.00 bits per heavy atom. The van der Waals surface area contributed by atoms with Crippen LogP contribution in [0.1, 0.15) is 32.3 Å². The van der Waals surface area contributed by atoms with Gasteiger partial charge in [-0.05, 0) is 0 Å². The van der Waals surface area contributed by atoms with Crippen molar-refractivity contribution >= 4 is 0 Å². The smallest absolute Gasteiger partial charge is 0.251 e. The number of aromatic amines is 1. The molecule has 1 aromatic rings. The van der Waals surface area contributed by atoms with Gasteiger partial charge in [0.1, 0.15) is 5.82 Å². The van der Waals surface area contributed by atoms with Crippen molar-refractivity contribution in [3.8, 4) is 0 Å². The first-order chi connectivity index (χ1) is 8.45. The second kappa shape index (κ2) is 5.20. The van der Waals surface area contributed by atoms with Crippen LogP contribution >= 0.6 is 0 Å². The van der Waals surface area contributed by atoms with Crippen LogP contribution in [0.15, 0.2) is 10.9 Å². The van der Waals surface area contributed by atoms with Gasteiger partial charge in [0.05, 0.1) is 12.2 Å². The molecule has 0 radical (unpaired) electrons. The SMILES string of the molecule is CC(C)(C)c1cc(=O)[nH]c(CN2CCNCC2)n1. The molecule has 0 aliphatic carbocycles. The molecule has 1 fully saturated rings. The van der Waals surface area contributed by atoms with E-state index in [4.69, 9.17) is 0 Å². The van der Waals surface area contributed by atoms with E-state index in [1.807, 2.05) is 0 Å². The summed E-state index contributed by atoms with van der Waals surface area (Å²) in [5.74, 6) is 0.773. The summed E-state index contributed by atoms with van der Waals surface area (Å²) in [5, 5.41) is 3.31. The minimum Gasteiger partial charge on any atom is -0.314 e. The van der Waals surface area contributed by atoms with E-state index in [1.165, 1.54) is 0 Å². The lowest BCUT2D eigenvalue weighted by atomic mass is 9.92. The van der Waals surface area contributed by atoms with Gasteiger partial charge in [-0.25, -0.2) is 4.98 Å². The van der Waals surface area contributed by atoms with Crippen molar-refractivity contribution in [3.05, 3.63) is 27.9 Å². The first-order valence-electron chi connectivity index (χ1n) is 6.49. The highest BCUT2D eigenvalue weighted by Gasteiger charge is 2.18. The number of piperazine rings is 1. The Morgan fingerprint density at radius 1 is 1.33 bits per heavy atom. The molecule has 0 spiro atoms. The van der Waals surface area contributed by atoms with Crippen molar-refractivity contribution in [2.45, 2.75) is 32.7 Å². The van der Waals surface area contributed by atoms with Crippen molar-refractivity contribution in [3.63, 3.8) is 0 Å². The Bertz CT molecular complexity index is 455. The van der Waals surface area contributed by atoms with E-state index in [0.717, 1.165) is 44.2 Å². The van der Waals surface area contributed by atoms with Crippen LogP contribution in [0.3, 0.4) is 0 Å². The van der Waals surface area contributed by atoms with Gasteiger partial charge < -0.3 is 10.3 Å². The Morgan fingerprint density at radius 3 is 2.61 bits per heavy atom. The molecule has 0 unspecified atom stereocenters. The molecule has 100 valence electrons. The molecule has 0 amide bonds. The second-order valence-electron chi connectivity index (χ2n) is 5.85. The lowest BCUT2D eigenvalue weighted by Crippen LogP contribution is -2.43. The zero-order chi connectivity index (χ0) is 13.2. The summed E-state index contributed by atoms with van der Waals surface area (Å²) in [6, 6.07) is 1.60. The fourth-order valence-electron chi connectivity index (χ4n) is 2.05. The number of aromatic nitrogens is 2. The minimum atomic E-state index is -0.0908. The summed E-state index contributed by atoms with van der Waals surface area (Å²) in [7, 11) is 0. The highest BCUT2D eigenvalue weighted by Crippen LogP contribution is 2.18. The highest BCUT2D eigenvalue weighted by molar-refractivity contribution is 5.12. The minimum absolute atomic E-state index is 0.0555. The summed E-state index contributed by atoms with van der Waals surface area (Å²) >= 11 is 0. The van der Waals surface area contributed by atoms with Crippen LogP contribution in [0.5, 0.6) is 0 Å². The quantitative estimate of drug-likeness (QED) is 0.801. The van der Waals surface area contributed by atoms with E-state index in [1.54, 1.807) is 6.07 Å². The predicted octanol–water partition coefficient (Wildman–Crippen LogP) is 0.473.